The number of fused-ring (bicyclic) bond motifs is 2. The average molecular weight is 269 g/mol. The molecule has 0 aromatic carbocycles. The van der Waals surface area contributed by atoms with Gasteiger partial charge in [0.05, 0.1) is 0 Å². The molecule has 2 aliphatic rings. The van der Waals surface area contributed by atoms with Gasteiger partial charge in [0, 0.05) is 37.8 Å². The number of hydrogen-bond acceptors (Lipinski definition) is 3. The summed E-state index contributed by atoms with van der Waals surface area (Å²) < 4.78 is 0. The minimum absolute atomic E-state index is 0.0615. The molecule has 2 rings (SSSR count). The van der Waals surface area contributed by atoms with Crippen LogP contribution < -0.4 is 5.32 Å². The smallest absolute Gasteiger partial charge is 0.317 e. The average Bonchev–Trinajstić information content (AvgIpc) is 2.60. The summed E-state index contributed by atoms with van der Waals surface area (Å²) in [6.07, 6.45) is 5.16. The van der Waals surface area contributed by atoms with E-state index in [0.717, 1.165) is 32.4 Å². The molecule has 3 atom stereocenters. The number of likely N-dealkylation sites (tertiary alicyclic amines) is 1. The number of nitrogens with one attached hydrogen (secondary N) is 1. The molecule has 2 N–H and O–H groups in total. The fourth-order valence-corrected chi connectivity index (χ4v) is 3.26. The molecule has 0 aliphatic carbocycles. The van der Waals surface area contributed by atoms with E-state index in [1.807, 2.05) is 11.8 Å². The second-order valence-corrected chi connectivity index (χ2v) is 6.00. The van der Waals surface area contributed by atoms with Crippen LogP contribution in [0.4, 0.5) is 4.79 Å². The number of amides is 2. The van der Waals surface area contributed by atoms with Gasteiger partial charge in [0.25, 0.3) is 0 Å². The van der Waals surface area contributed by atoms with Crippen molar-refractivity contribution in [2.45, 2.75) is 57.2 Å². The molecule has 2 saturated heterocycles. The van der Waals surface area contributed by atoms with Crippen LogP contribution in [0.5, 0.6) is 0 Å². The van der Waals surface area contributed by atoms with Crippen molar-refractivity contribution in [1.29, 1.82) is 0 Å². The molecule has 0 aromatic heterocycles. The first-order valence-electron chi connectivity index (χ1n) is 7.50. The van der Waals surface area contributed by atoms with Crippen LogP contribution in [0.2, 0.25) is 0 Å². The zero-order chi connectivity index (χ0) is 13.8. The van der Waals surface area contributed by atoms with Crippen LogP contribution in [0.25, 0.3) is 0 Å². The Bertz CT molecular complexity index is 311. The highest BCUT2D eigenvalue weighted by molar-refractivity contribution is 5.74. The van der Waals surface area contributed by atoms with Gasteiger partial charge >= 0.3 is 6.03 Å². The third-order valence-electron chi connectivity index (χ3n) is 4.60. The van der Waals surface area contributed by atoms with Gasteiger partial charge in [-0.1, -0.05) is 0 Å². The predicted molar refractivity (Wildman–Crippen MR) is 75.1 cm³/mol. The number of rotatable bonds is 4. The standard InChI is InChI=1S/C14H27N3O2/c1-11(4-3-9-18)15-14(19)17-8-7-12-5-6-13(10-17)16(12)2/h11-13,18H,3-10H2,1-2H3,(H,15,19). The molecule has 5 heteroatoms. The van der Waals surface area contributed by atoms with Crippen molar-refractivity contribution in [2.24, 2.45) is 0 Å². The highest BCUT2D eigenvalue weighted by Crippen LogP contribution is 2.28. The van der Waals surface area contributed by atoms with E-state index in [-0.39, 0.29) is 18.7 Å². The first-order chi connectivity index (χ1) is 9.11. The van der Waals surface area contributed by atoms with Gasteiger partial charge in [-0.2, -0.15) is 0 Å². The summed E-state index contributed by atoms with van der Waals surface area (Å²) in [5.74, 6) is 0. The minimum Gasteiger partial charge on any atom is -0.396 e. The van der Waals surface area contributed by atoms with E-state index in [4.69, 9.17) is 5.11 Å². The largest absolute Gasteiger partial charge is 0.396 e. The number of nitrogens with zero attached hydrogens (tertiary/aromatic N) is 2. The first kappa shape index (κ1) is 14.6. The monoisotopic (exact) mass is 269 g/mol. The molecule has 2 amide bonds. The van der Waals surface area contributed by atoms with Crippen molar-refractivity contribution in [2.75, 3.05) is 26.7 Å². The minimum atomic E-state index is 0.0615. The third-order valence-corrected chi connectivity index (χ3v) is 4.60. The number of carbonyl (C=O) groups excluding carboxylic acids is 1. The molecule has 0 aromatic rings. The Morgan fingerprint density at radius 1 is 1.37 bits per heavy atom. The van der Waals surface area contributed by atoms with Crippen molar-refractivity contribution < 1.29 is 9.90 Å². The van der Waals surface area contributed by atoms with E-state index in [9.17, 15) is 4.79 Å². The second-order valence-electron chi connectivity index (χ2n) is 6.00. The van der Waals surface area contributed by atoms with Crippen LogP contribution in [0.3, 0.4) is 0 Å². The molecule has 110 valence electrons. The lowest BCUT2D eigenvalue weighted by molar-refractivity contribution is 0.183. The van der Waals surface area contributed by atoms with E-state index in [0.29, 0.717) is 12.1 Å². The number of urea groups is 1. The summed E-state index contributed by atoms with van der Waals surface area (Å²) in [6.45, 7) is 3.91. The van der Waals surface area contributed by atoms with Crippen LogP contribution in [-0.2, 0) is 0 Å². The Morgan fingerprint density at radius 2 is 2.11 bits per heavy atom. The van der Waals surface area contributed by atoms with E-state index in [1.165, 1.54) is 12.8 Å². The Labute approximate surface area is 115 Å². The number of likely N-dealkylation sites (N-methyl/N-ethyl adjacent to an activating group) is 1. The normalized spacial score (nSPS) is 29.1. The Morgan fingerprint density at radius 3 is 2.84 bits per heavy atom. The van der Waals surface area contributed by atoms with Gasteiger partial charge in [-0.25, -0.2) is 4.79 Å². The van der Waals surface area contributed by atoms with Crippen molar-refractivity contribution in [3.63, 3.8) is 0 Å². The van der Waals surface area contributed by atoms with Gasteiger partial charge in [-0.05, 0) is 46.1 Å². The van der Waals surface area contributed by atoms with Crippen LogP contribution in [0.15, 0.2) is 0 Å². The SMILES string of the molecule is CC(CCCO)NC(=O)N1CCC2CCC(C1)N2C. The van der Waals surface area contributed by atoms with Crippen LogP contribution in [-0.4, -0.2) is 65.8 Å². The molecule has 2 aliphatic heterocycles. The van der Waals surface area contributed by atoms with Gasteiger partial charge in [-0.15, -0.1) is 0 Å². The van der Waals surface area contributed by atoms with E-state index >= 15 is 0 Å². The van der Waals surface area contributed by atoms with Crippen molar-refractivity contribution in [3.8, 4) is 0 Å². The van der Waals surface area contributed by atoms with Crippen molar-refractivity contribution in [3.05, 3.63) is 0 Å². The van der Waals surface area contributed by atoms with E-state index < -0.39 is 0 Å². The fourth-order valence-electron chi connectivity index (χ4n) is 3.26. The van der Waals surface area contributed by atoms with Crippen LogP contribution >= 0.6 is 0 Å². The quantitative estimate of drug-likeness (QED) is 0.801. The highest BCUT2D eigenvalue weighted by atomic mass is 16.3. The molecule has 2 heterocycles. The maximum Gasteiger partial charge on any atom is 0.317 e. The lowest BCUT2D eigenvalue weighted by Gasteiger charge is -2.27. The summed E-state index contributed by atoms with van der Waals surface area (Å²) in [5.41, 5.74) is 0. The molecule has 0 radical (unpaired) electrons. The number of aliphatic hydroxyl groups is 1. The zero-order valence-corrected chi connectivity index (χ0v) is 12.1. The molecular formula is C14H27N3O2. The Balaban J connectivity index is 1.83. The molecule has 2 fully saturated rings. The second kappa shape index (κ2) is 6.57. The molecule has 0 saturated carbocycles. The predicted octanol–water partition coefficient (Wildman–Crippen LogP) is 1.03. The summed E-state index contributed by atoms with van der Waals surface area (Å²) in [5, 5.41) is 11.9. The summed E-state index contributed by atoms with van der Waals surface area (Å²) in [6, 6.07) is 1.39. The molecule has 2 bridgehead atoms. The van der Waals surface area contributed by atoms with Crippen molar-refractivity contribution >= 4 is 6.03 Å². The van der Waals surface area contributed by atoms with Gasteiger partial charge in [0.2, 0.25) is 0 Å². The van der Waals surface area contributed by atoms with Gasteiger partial charge in [0.1, 0.15) is 0 Å². The maximum atomic E-state index is 12.2. The first-order valence-corrected chi connectivity index (χ1v) is 7.50. The van der Waals surface area contributed by atoms with Crippen LogP contribution in [0.1, 0.15) is 39.0 Å². The fraction of sp³-hybridized carbons (Fsp3) is 0.929. The molecule has 5 nitrogen and oxygen atoms in total. The number of hydrogen-bond donors (Lipinski definition) is 2. The maximum absolute atomic E-state index is 12.2. The van der Waals surface area contributed by atoms with Gasteiger partial charge in [-0.3, -0.25) is 4.90 Å². The van der Waals surface area contributed by atoms with E-state index in [2.05, 4.69) is 17.3 Å². The zero-order valence-electron chi connectivity index (χ0n) is 12.1. The van der Waals surface area contributed by atoms with Gasteiger partial charge in [0.15, 0.2) is 0 Å². The molecular weight excluding hydrogens is 242 g/mol. The highest BCUT2D eigenvalue weighted by Gasteiger charge is 2.36. The summed E-state index contributed by atoms with van der Waals surface area (Å²) >= 11 is 0. The lowest BCUT2D eigenvalue weighted by Crippen LogP contribution is -2.47. The number of carbonyl (C=O) groups is 1. The summed E-state index contributed by atoms with van der Waals surface area (Å²) in [7, 11) is 2.19. The van der Waals surface area contributed by atoms with Crippen LogP contribution in [0, 0.1) is 0 Å². The van der Waals surface area contributed by atoms with Gasteiger partial charge < -0.3 is 15.3 Å². The Hall–Kier alpha value is -0.810. The molecule has 0 spiro atoms. The summed E-state index contributed by atoms with van der Waals surface area (Å²) in [4.78, 5) is 16.7. The Kier molecular flexibility index (Phi) is 5.05. The van der Waals surface area contributed by atoms with Crippen molar-refractivity contribution in [1.82, 2.24) is 15.1 Å². The number of aliphatic hydroxyl groups excluding tert-OH is 1. The third kappa shape index (κ3) is 3.60. The molecule has 3 unspecified atom stereocenters. The lowest BCUT2D eigenvalue weighted by atomic mass is 10.1. The van der Waals surface area contributed by atoms with E-state index in [1.54, 1.807) is 0 Å². The topological polar surface area (TPSA) is 55.8 Å². The molecule has 19 heavy (non-hydrogen) atoms.